The number of rotatable bonds is 7. The highest BCUT2D eigenvalue weighted by Crippen LogP contribution is 2.27. The molecule has 7 nitrogen and oxygen atoms in total. The Kier molecular flexibility index (Phi) is 6.68. The fourth-order valence-corrected chi connectivity index (χ4v) is 3.47. The molecule has 1 fully saturated rings. The lowest BCUT2D eigenvalue weighted by atomic mass is 9.97. The first-order valence-corrected chi connectivity index (χ1v) is 9.64. The van der Waals surface area contributed by atoms with Gasteiger partial charge in [0, 0.05) is 19.6 Å². The predicted octanol–water partition coefficient (Wildman–Crippen LogP) is 2.38. The number of aromatic nitrogens is 2. The summed E-state index contributed by atoms with van der Waals surface area (Å²) >= 11 is 0. The van der Waals surface area contributed by atoms with E-state index in [-0.39, 0.29) is 11.8 Å². The second kappa shape index (κ2) is 9.39. The molecule has 1 amide bonds. The zero-order chi connectivity index (χ0) is 19.9. The van der Waals surface area contributed by atoms with Crippen molar-refractivity contribution in [2.75, 3.05) is 38.8 Å². The predicted molar refractivity (Wildman–Crippen MR) is 108 cm³/mol. The lowest BCUT2D eigenvalue weighted by Gasteiger charge is -2.32. The summed E-state index contributed by atoms with van der Waals surface area (Å²) in [5, 5.41) is 11.4. The summed E-state index contributed by atoms with van der Waals surface area (Å²) in [7, 11) is 3.24. The maximum absolute atomic E-state index is 12.6. The van der Waals surface area contributed by atoms with Gasteiger partial charge in [0.2, 0.25) is 5.91 Å². The highest BCUT2D eigenvalue weighted by molar-refractivity contribution is 5.79. The van der Waals surface area contributed by atoms with Crippen LogP contribution in [0.2, 0.25) is 0 Å². The molecule has 0 aliphatic carbocycles. The molecule has 1 aliphatic rings. The van der Waals surface area contributed by atoms with Crippen molar-refractivity contribution in [3.63, 3.8) is 0 Å². The van der Waals surface area contributed by atoms with E-state index in [9.17, 15) is 4.79 Å². The number of hydrogen-bond acceptors (Lipinski definition) is 6. The van der Waals surface area contributed by atoms with Gasteiger partial charge >= 0.3 is 0 Å². The number of nitrogens with zero attached hydrogens (tertiary/aromatic N) is 3. The third kappa shape index (κ3) is 4.91. The van der Waals surface area contributed by atoms with E-state index in [1.165, 1.54) is 0 Å². The summed E-state index contributed by atoms with van der Waals surface area (Å²) in [6.07, 6.45) is 2.62. The van der Waals surface area contributed by atoms with Crippen LogP contribution in [0.3, 0.4) is 0 Å². The maximum Gasteiger partial charge on any atom is 0.224 e. The topological polar surface area (TPSA) is 76.6 Å². The van der Waals surface area contributed by atoms with Crippen molar-refractivity contribution in [3.05, 3.63) is 41.6 Å². The lowest BCUT2D eigenvalue weighted by molar-refractivity contribution is -0.125. The minimum atomic E-state index is -0.0257. The lowest BCUT2D eigenvalue weighted by Crippen LogP contribution is -2.43. The van der Waals surface area contributed by atoms with Gasteiger partial charge in [-0.25, -0.2) is 0 Å². The van der Waals surface area contributed by atoms with Crippen LogP contribution in [0.5, 0.6) is 11.5 Å². The van der Waals surface area contributed by atoms with Crippen molar-refractivity contribution < 1.29 is 14.3 Å². The van der Waals surface area contributed by atoms with Crippen LogP contribution in [-0.4, -0.2) is 50.0 Å². The van der Waals surface area contributed by atoms with Gasteiger partial charge in [-0.1, -0.05) is 6.07 Å². The average Bonchev–Trinajstić information content (AvgIpc) is 2.74. The minimum absolute atomic E-state index is 0.0257. The van der Waals surface area contributed by atoms with Crippen LogP contribution < -0.4 is 19.7 Å². The highest BCUT2D eigenvalue weighted by Gasteiger charge is 2.26. The van der Waals surface area contributed by atoms with Gasteiger partial charge in [0.15, 0.2) is 17.3 Å². The molecule has 1 aromatic carbocycles. The molecule has 7 heteroatoms. The van der Waals surface area contributed by atoms with Crippen LogP contribution >= 0.6 is 0 Å². The molecule has 1 unspecified atom stereocenters. The number of ether oxygens (including phenoxy) is 2. The molecular weight excluding hydrogens is 356 g/mol. The Balaban J connectivity index is 1.51. The van der Waals surface area contributed by atoms with Crippen LogP contribution in [0.4, 0.5) is 5.82 Å². The number of aryl methyl sites for hydroxylation is 1. The van der Waals surface area contributed by atoms with Gasteiger partial charge in [-0.15, -0.1) is 5.10 Å². The molecule has 1 saturated heterocycles. The Morgan fingerprint density at radius 3 is 2.71 bits per heavy atom. The third-order valence-electron chi connectivity index (χ3n) is 5.06. The molecule has 0 radical (unpaired) electrons. The fraction of sp³-hybridized carbons (Fsp3) is 0.476. The molecule has 2 aromatic rings. The molecule has 0 spiro atoms. The zero-order valence-corrected chi connectivity index (χ0v) is 16.8. The first-order chi connectivity index (χ1) is 13.6. The van der Waals surface area contributed by atoms with E-state index in [2.05, 4.69) is 20.4 Å². The highest BCUT2D eigenvalue weighted by atomic mass is 16.5. The molecule has 1 atom stereocenters. The number of anilines is 1. The van der Waals surface area contributed by atoms with Gasteiger partial charge in [0.05, 0.1) is 25.8 Å². The molecule has 0 bridgehead atoms. The summed E-state index contributed by atoms with van der Waals surface area (Å²) in [6.45, 7) is 4.10. The van der Waals surface area contributed by atoms with E-state index < -0.39 is 0 Å². The van der Waals surface area contributed by atoms with Gasteiger partial charge in [0.25, 0.3) is 0 Å². The number of carbonyl (C=O) groups is 1. The monoisotopic (exact) mass is 384 g/mol. The molecule has 3 rings (SSSR count). The number of benzene rings is 1. The molecule has 1 N–H and O–H groups in total. The largest absolute Gasteiger partial charge is 0.493 e. The van der Waals surface area contributed by atoms with Crippen molar-refractivity contribution in [1.82, 2.24) is 15.5 Å². The number of methoxy groups -OCH3 is 2. The van der Waals surface area contributed by atoms with E-state index >= 15 is 0 Å². The molecule has 2 heterocycles. The molecular formula is C21H28N4O3. The molecule has 0 saturated carbocycles. The number of nitrogens with one attached hydrogen (secondary N) is 1. The smallest absolute Gasteiger partial charge is 0.224 e. The standard InChI is InChI=1S/C21H28N4O3/c1-15-6-9-20(24-23-15)25-12-4-5-17(14-25)21(26)22-11-10-16-7-8-18(27-2)19(13-16)28-3/h6-9,13,17H,4-5,10-12,14H2,1-3H3,(H,22,26). The molecule has 150 valence electrons. The van der Waals surface area contributed by atoms with Gasteiger partial charge in [-0.2, -0.15) is 5.10 Å². The molecule has 28 heavy (non-hydrogen) atoms. The van der Waals surface area contributed by atoms with Crippen LogP contribution in [0.15, 0.2) is 30.3 Å². The van der Waals surface area contributed by atoms with Gasteiger partial charge in [0.1, 0.15) is 0 Å². The van der Waals surface area contributed by atoms with E-state index in [0.29, 0.717) is 24.6 Å². The van der Waals surface area contributed by atoms with Crippen LogP contribution in [0, 0.1) is 12.8 Å². The number of amides is 1. The van der Waals surface area contributed by atoms with Crippen molar-refractivity contribution >= 4 is 11.7 Å². The normalized spacial score (nSPS) is 16.5. The van der Waals surface area contributed by atoms with E-state index in [1.54, 1.807) is 14.2 Å². The van der Waals surface area contributed by atoms with Gasteiger partial charge in [-0.3, -0.25) is 4.79 Å². The fourth-order valence-electron chi connectivity index (χ4n) is 3.47. The summed E-state index contributed by atoms with van der Waals surface area (Å²) < 4.78 is 10.6. The minimum Gasteiger partial charge on any atom is -0.493 e. The van der Waals surface area contributed by atoms with E-state index in [0.717, 1.165) is 42.9 Å². The van der Waals surface area contributed by atoms with Crippen LogP contribution in [0.25, 0.3) is 0 Å². The van der Waals surface area contributed by atoms with E-state index in [4.69, 9.17) is 9.47 Å². The summed E-state index contributed by atoms with van der Waals surface area (Å²) in [6, 6.07) is 9.75. The molecule has 1 aliphatic heterocycles. The summed E-state index contributed by atoms with van der Waals surface area (Å²) in [5.74, 6) is 2.33. The Hall–Kier alpha value is -2.83. The number of hydrogen-bond donors (Lipinski definition) is 1. The first kappa shape index (κ1) is 19.9. The van der Waals surface area contributed by atoms with Crippen LogP contribution in [-0.2, 0) is 11.2 Å². The summed E-state index contributed by atoms with van der Waals surface area (Å²) in [5.41, 5.74) is 1.99. The van der Waals surface area contributed by atoms with Crippen molar-refractivity contribution in [3.8, 4) is 11.5 Å². The Morgan fingerprint density at radius 2 is 2.00 bits per heavy atom. The second-order valence-electron chi connectivity index (χ2n) is 7.05. The maximum atomic E-state index is 12.6. The van der Waals surface area contributed by atoms with Crippen molar-refractivity contribution in [1.29, 1.82) is 0 Å². The van der Waals surface area contributed by atoms with Crippen molar-refractivity contribution in [2.24, 2.45) is 5.92 Å². The van der Waals surface area contributed by atoms with Crippen LogP contribution in [0.1, 0.15) is 24.1 Å². The zero-order valence-electron chi connectivity index (χ0n) is 16.8. The molecule has 1 aromatic heterocycles. The number of piperidine rings is 1. The summed E-state index contributed by atoms with van der Waals surface area (Å²) in [4.78, 5) is 14.8. The second-order valence-corrected chi connectivity index (χ2v) is 7.05. The Bertz CT molecular complexity index is 795. The Morgan fingerprint density at radius 1 is 1.18 bits per heavy atom. The Labute approximate surface area is 166 Å². The van der Waals surface area contributed by atoms with Gasteiger partial charge < -0.3 is 19.7 Å². The van der Waals surface area contributed by atoms with Gasteiger partial charge in [-0.05, 0) is 56.0 Å². The third-order valence-corrected chi connectivity index (χ3v) is 5.06. The number of carbonyl (C=O) groups excluding carboxylic acids is 1. The van der Waals surface area contributed by atoms with Crippen molar-refractivity contribution in [2.45, 2.75) is 26.2 Å². The first-order valence-electron chi connectivity index (χ1n) is 9.64. The SMILES string of the molecule is COc1ccc(CCNC(=O)C2CCCN(c3ccc(C)nn3)C2)cc1OC. The average molecular weight is 384 g/mol. The van der Waals surface area contributed by atoms with E-state index in [1.807, 2.05) is 37.3 Å². The quantitative estimate of drug-likeness (QED) is 0.790.